The standard InChI is InChI=1S/C24H29NO/c1-3-9-18(10-4-1)25(19-11-5-2-6-12-19)20-15-16-24-22(17-20)21-13-7-8-14-23(21)26-24/h7-8,13-19H,1-6,9-12H2. The molecule has 0 amide bonds. The van der Waals surface area contributed by atoms with Gasteiger partial charge in [0.15, 0.2) is 0 Å². The van der Waals surface area contributed by atoms with E-state index in [2.05, 4.69) is 47.4 Å². The van der Waals surface area contributed by atoms with Crippen LogP contribution in [0.5, 0.6) is 0 Å². The second-order valence-corrected chi connectivity index (χ2v) is 8.27. The molecule has 1 heterocycles. The first-order valence-electron chi connectivity index (χ1n) is 10.6. The number of fused-ring (bicyclic) bond motifs is 3. The fourth-order valence-electron chi connectivity index (χ4n) is 5.31. The summed E-state index contributed by atoms with van der Waals surface area (Å²) in [5.41, 5.74) is 3.44. The van der Waals surface area contributed by atoms with Gasteiger partial charge >= 0.3 is 0 Å². The molecule has 2 heteroatoms. The molecule has 26 heavy (non-hydrogen) atoms. The summed E-state index contributed by atoms with van der Waals surface area (Å²) >= 11 is 0. The molecular weight excluding hydrogens is 318 g/mol. The van der Waals surface area contributed by atoms with Crippen LogP contribution >= 0.6 is 0 Å². The zero-order valence-electron chi connectivity index (χ0n) is 15.6. The van der Waals surface area contributed by atoms with Crippen molar-refractivity contribution in [1.82, 2.24) is 0 Å². The third kappa shape index (κ3) is 2.90. The van der Waals surface area contributed by atoms with E-state index in [0.717, 1.165) is 23.2 Å². The smallest absolute Gasteiger partial charge is 0.135 e. The molecule has 0 unspecified atom stereocenters. The van der Waals surface area contributed by atoms with Crippen molar-refractivity contribution in [2.45, 2.75) is 76.3 Å². The SMILES string of the molecule is c1ccc2c(c1)oc1ccc(N(C3CCCCC3)C3CCCCC3)cc12. The fraction of sp³-hybridized carbons (Fsp3) is 0.500. The van der Waals surface area contributed by atoms with Crippen molar-refractivity contribution in [1.29, 1.82) is 0 Å². The maximum atomic E-state index is 6.06. The Bertz CT molecular complexity index is 866. The van der Waals surface area contributed by atoms with Gasteiger partial charge in [-0.25, -0.2) is 0 Å². The number of para-hydroxylation sites is 1. The molecule has 136 valence electrons. The van der Waals surface area contributed by atoms with E-state index >= 15 is 0 Å². The van der Waals surface area contributed by atoms with Crippen LogP contribution in [0.1, 0.15) is 64.2 Å². The van der Waals surface area contributed by atoms with E-state index in [-0.39, 0.29) is 0 Å². The van der Waals surface area contributed by atoms with Crippen LogP contribution in [-0.2, 0) is 0 Å². The zero-order chi connectivity index (χ0) is 17.3. The number of hydrogen-bond donors (Lipinski definition) is 0. The minimum Gasteiger partial charge on any atom is -0.456 e. The van der Waals surface area contributed by atoms with Gasteiger partial charge in [-0.1, -0.05) is 56.7 Å². The number of hydrogen-bond acceptors (Lipinski definition) is 2. The molecule has 1 aromatic heterocycles. The molecule has 5 rings (SSSR count). The molecule has 0 radical (unpaired) electrons. The molecule has 2 saturated carbocycles. The molecule has 2 aromatic carbocycles. The lowest BCUT2D eigenvalue weighted by atomic mass is 9.88. The van der Waals surface area contributed by atoms with Crippen molar-refractivity contribution < 1.29 is 4.42 Å². The summed E-state index contributed by atoms with van der Waals surface area (Å²) in [6, 6.07) is 16.8. The molecule has 2 aliphatic rings. The van der Waals surface area contributed by atoms with Gasteiger partial charge in [-0.3, -0.25) is 0 Å². The Hall–Kier alpha value is -1.96. The summed E-state index contributed by atoms with van der Waals surface area (Å²) < 4.78 is 6.06. The van der Waals surface area contributed by atoms with Crippen LogP contribution in [0, 0.1) is 0 Å². The van der Waals surface area contributed by atoms with Gasteiger partial charge in [-0.2, -0.15) is 0 Å². The van der Waals surface area contributed by atoms with Gasteiger partial charge < -0.3 is 9.32 Å². The van der Waals surface area contributed by atoms with Gasteiger partial charge in [0.2, 0.25) is 0 Å². The average molecular weight is 348 g/mol. The number of anilines is 1. The van der Waals surface area contributed by atoms with Crippen molar-refractivity contribution in [3.05, 3.63) is 42.5 Å². The molecule has 3 aromatic rings. The van der Waals surface area contributed by atoms with Crippen molar-refractivity contribution >= 4 is 27.6 Å². The van der Waals surface area contributed by atoms with Crippen LogP contribution in [0.4, 0.5) is 5.69 Å². The van der Waals surface area contributed by atoms with Crippen LogP contribution in [0.15, 0.2) is 46.9 Å². The monoisotopic (exact) mass is 347 g/mol. The van der Waals surface area contributed by atoms with Gasteiger partial charge in [0.25, 0.3) is 0 Å². The zero-order valence-corrected chi connectivity index (χ0v) is 15.6. The molecule has 0 saturated heterocycles. The van der Waals surface area contributed by atoms with Gasteiger partial charge in [0.1, 0.15) is 11.2 Å². The van der Waals surface area contributed by atoms with Gasteiger partial charge in [0.05, 0.1) is 0 Å². The maximum absolute atomic E-state index is 6.06. The number of furan rings is 1. The molecule has 0 atom stereocenters. The maximum Gasteiger partial charge on any atom is 0.135 e. The van der Waals surface area contributed by atoms with Gasteiger partial charge in [-0.05, 0) is 49.9 Å². The lowest BCUT2D eigenvalue weighted by Crippen LogP contribution is -2.45. The molecule has 0 N–H and O–H groups in total. The fourth-order valence-corrected chi connectivity index (χ4v) is 5.31. The lowest BCUT2D eigenvalue weighted by Gasteiger charge is -2.43. The third-order valence-corrected chi connectivity index (χ3v) is 6.59. The van der Waals surface area contributed by atoms with Crippen molar-refractivity contribution in [2.75, 3.05) is 4.90 Å². The molecule has 0 aliphatic heterocycles. The highest BCUT2D eigenvalue weighted by Crippen LogP contribution is 2.37. The van der Waals surface area contributed by atoms with E-state index < -0.39 is 0 Å². The van der Waals surface area contributed by atoms with E-state index in [0.29, 0.717) is 0 Å². The molecule has 2 fully saturated rings. The normalized spacial score (nSPS) is 20.0. The Balaban J connectivity index is 1.58. The molecule has 0 bridgehead atoms. The van der Waals surface area contributed by atoms with Crippen molar-refractivity contribution in [2.24, 2.45) is 0 Å². The summed E-state index contributed by atoms with van der Waals surface area (Å²) in [6.45, 7) is 0. The first kappa shape index (κ1) is 16.2. The molecule has 0 spiro atoms. The summed E-state index contributed by atoms with van der Waals surface area (Å²) in [7, 11) is 0. The van der Waals surface area contributed by atoms with Crippen LogP contribution in [0.25, 0.3) is 21.9 Å². The highest BCUT2D eigenvalue weighted by molar-refractivity contribution is 6.06. The van der Waals surface area contributed by atoms with Crippen LogP contribution in [0.3, 0.4) is 0 Å². The largest absolute Gasteiger partial charge is 0.456 e. The molecular formula is C24H29NO. The Morgan fingerprint density at radius 1 is 0.654 bits per heavy atom. The van der Waals surface area contributed by atoms with Crippen LogP contribution < -0.4 is 4.90 Å². The number of nitrogens with zero attached hydrogens (tertiary/aromatic N) is 1. The number of benzene rings is 2. The van der Waals surface area contributed by atoms with E-state index in [1.165, 1.54) is 80.7 Å². The highest BCUT2D eigenvalue weighted by Gasteiger charge is 2.29. The lowest BCUT2D eigenvalue weighted by molar-refractivity contribution is 0.340. The minimum absolute atomic E-state index is 0.725. The van der Waals surface area contributed by atoms with E-state index in [9.17, 15) is 0 Å². The summed E-state index contributed by atoms with van der Waals surface area (Å²) in [5.74, 6) is 0. The quantitative estimate of drug-likeness (QED) is 0.504. The second-order valence-electron chi connectivity index (χ2n) is 8.27. The first-order valence-corrected chi connectivity index (χ1v) is 10.6. The van der Waals surface area contributed by atoms with Gasteiger partial charge in [-0.15, -0.1) is 0 Å². The Kier molecular flexibility index (Phi) is 4.36. The van der Waals surface area contributed by atoms with Crippen molar-refractivity contribution in [3.8, 4) is 0 Å². The second kappa shape index (κ2) is 6.98. The minimum atomic E-state index is 0.725. The van der Waals surface area contributed by atoms with Crippen molar-refractivity contribution in [3.63, 3.8) is 0 Å². The molecule has 2 aliphatic carbocycles. The van der Waals surface area contributed by atoms with Crippen LogP contribution in [-0.4, -0.2) is 12.1 Å². The summed E-state index contributed by atoms with van der Waals surface area (Å²) in [4.78, 5) is 2.82. The summed E-state index contributed by atoms with van der Waals surface area (Å²) in [5, 5.41) is 2.52. The predicted molar refractivity (Wildman–Crippen MR) is 110 cm³/mol. The topological polar surface area (TPSA) is 16.4 Å². The van der Waals surface area contributed by atoms with Gasteiger partial charge in [0, 0.05) is 28.5 Å². The predicted octanol–water partition coefficient (Wildman–Crippen LogP) is 7.06. The number of rotatable bonds is 3. The summed E-state index contributed by atoms with van der Waals surface area (Å²) in [6.07, 6.45) is 13.9. The highest BCUT2D eigenvalue weighted by atomic mass is 16.3. The average Bonchev–Trinajstić information content (AvgIpc) is 3.08. The van der Waals surface area contributed by atoms with E-state index in [1.54, 1.807) is 0 Å². The van der Waals surface area contributed by atoms with E-state index in [4.69, 9.17) is 4.42 Å². The first-order chi connectivity index (χ1) is 12.9. The third-order valence-electron chi connectivity index (χ3n) is 6.59. The van der Waals surface area contributed by atoms with E-state index in [1.807, 2.05) is 0 Å². The molecule has 2 nitrogen and oxygen atoms in total. The van der Waals surface area contributed by atoms with Crippen LogP contribution in [0.2, 0.25) is 0 Å². The Morgan fingerprint density at radius 2 is 1.27 bits per heavy atom. The Labute approximate surface area is 156 Å². The Morgan fingerprint density at radius 3 is 1.96 bits per heavy atom.